The molecule has 0 aliphatic rings. The van der Waals surface area contributed by atoms with Crippen LogP contribution in [0.3, 0.4) is 0 Å². The molecule has 100 valence electrons. The summed E-state index contributed by atoms with van der Waals surface area (Å²) in [5, 5.41) is 3.23. The lowest BCUT2D eigenvalue weighted by Crippen LogP contribution is -2.18. The number of aromatic nitrogens is 3. The summed E-state index contributed by atoms with van der Waals surface area (Å²) < 4.78 is 0.849. The van der Waals surface area contributed by atoms with E-state index in [1.807, 2.05) is 6.07 Å². The first-order chi connectivity index (χ1) is 9.19. The van der Waals surface area contributed by atoms with Crippen molar-refractivity contribution < 1.29 is 0 Å². The first-order valence-corrected chi connectivity index (χ1v) is 6.90. The van der Waals surface area contributed by atoms with Crippen molar-refractivity contribution in [2.24, 2.45) is 0 Å². The van der Waals surface area contributed by atoms with Crippen molar-refractivity contribution in [3.63, 3.8) is 0 Å². The summed E-state index contributed by atoms with van der Waals surface area (Å²) >= 11 is 3.35. The zero-order valence-corrected chi connectivity index (χ0v) is 12.2. The van der Waals surface area contributed by atoms with Crippen LogP contribution in [-0.4, -0.2) is 21.5 Å². The summed E-state index contributed by atoms with van der Waals surface area (Å²) in [6.45, 7) is 3.59. The molecule has 5 nitrogen and oxygen atoms in total. The molecule has 2 N–H and O–H groups in total. The van der Waals surface area contributed by atoms with Crippen LogP contribution < -0.4 is 10.9 Å². The van der Waals surface area contributed by atoms with Gasteiger partial charge >= 0.3 is 0 Å². The highest BCUT2D eigenvalue weighted by Gasteiger charge is 2.05. The highest BCUT2D eigenvalue weighted by atomic mass is 79.9. The number of H-pyrrole nitrogens is 1. The third-order valence-electron chi connectivity index (χ3n) is 2.51. The van der Waals surface area contributed by atoms with Crippen LogP contribution in [0.5, 0.6) is 0 Å². The Morgan fingerprint density at radius 1 is 1.37 bits per heavy atom. The monoisotopic (exact) mass is 322 g/mol. The fourth-order valence-corrected chi connectivity index (χ4v) is 2.03. The van der Waals surface area contributed by atoms with Gasteiger partial charge in [0.15, 0.2) is 0 Å². The second-order valence-corrected chi connectivity index (χ2v) is 5.07. The summed E-state index contributed by atoms with van der Waals surface area (Å²) in [5.41, 5.74) is 1.36. The molecule has 0 unspecified atom stereocenters. The van der Waals surface area contributed by atoms with Gasteiger partial charge in [0.1, 0.15) is 5.82 Å². The molecule has 0 radical (unpaired) electrons. The van der Waals surface area contributed by atoms with Crippen LogP contribution in [0.15, 0.2) is 33.8 Å². The highest BCUT2D eigenvalue weighted by Crippen LogP contribution is 2.17. The summed E-state index contributed by atoms with van der Waals surface area (Å²) in [6.07, 6.45) is 4.41. The molecule has 2 aromatic rings. The number of aromatic amines is 1. The molecule has 0 saturated heterocycles. The van der Waals surface area contributed by atoms with E-state index in [2.05, 4.69) is 43.1 Å². The van der Waals surface area contributed by atoms with Crippen LogP contribution in [0.2, 0.25) is 0 Å². The van der Waals surface area contributed by atoms with Gasteiger partial charge in [-0.25, -0.2) is 4.98 Å². The number of nitrogens with one attached hydrogen (secondary N) is 2. The van der Waals surface area contributed by atoms with Crippen LogP contribution in [0, 0.1) is 0 Å². The average molecular weight is 323 g/mol. The number of pyridine rings is 1. The molecule has 0 amide bonds. The number of rotatable bonds is 5. The van der Waals surface area contributed by atoms with Gasteiger partial charge in [0.25, 0.3) is 5.56 Å². The lowest BCUT2D eigenvalue weighted by atomic mass is 10.2. The Balaban J connectivity index is 2.28. The largest absolute Gasteiger partial charge is 0.311 e. The summed E-state index contributed by atoms with van der Waals surface area (Å²) in [4.78, 5) is 22.9. The van der Waals surface area contributed by atoms with Crippen LogP contribution >= 0.6 is 15.9 Å². The number of nitrogens with zero attached hydrogens (tertiary/aromatic N) is 2. The molecule has 0 spiro atoms. The highest BCUT2D eigenvalue weighted by molar-refractivity contribution is 9.10. The number of hydrogen-bond donors (Lipinski definition) is 2. The minimum atomic E-state index is -0.154. The van der Waals surface area contributed by atoms with Crippen molar-refractivity contribution in [1.82, 2.24) is 20.3 Å². The zero-order valence-electron chi connectivity index (χ0n) is 10.6. The molecule has 0 aliphatic heterocycles. The Kier molecular flexibility index (Phi) is 4.81. The van der Waals surface area contributed by atoms with E-state index >= 15 is 0 Å². The topological polar surface area (TPSA) is 70.7 Å². The zero-order chi connectivity index (χ0) is 13.7. The Morgan fingerprint density at radius 2 is 2.21 bits per heavy atom. The second-order valence-electron chi connectivity index (χ2n) is 4.15. The van der Waals surface area contributed by atoms with Crippen LogP contribution in [0.25, 0.3) is 11.4 Å². The summed E-state index contributed by atoms with van der Waals surface area (Å²) in [5.74, 6) is 0.537. The Morgan fingerprint density at radius 3 is 2.95 bits per heavy atom. The van der Waals surface area contributed by atoms with E-state index in [-0.39, 0.29) is 5.56 Å². The van der Waals surface area contributed by atoms with Gasteiger partial charge in [-0.15, -0.1) is 0 Å². The lowest BCUT2D eigenvalue weighted by molar-refractivity contribution is 0.662. The Hall–Kier alpha value is -1.53. The Bertz CT molecular complexity index is 612. The standard InChI is InChI=1S/C13H15BrN4O/c1-2-3-15-8-11-5-12(19)18-13(17-11)9-4-10(14)7-16-6-9/h4-7,15H,2-3,8H2,1H3,(H,17,18,19). The van der Waals surface area contributed by atoms with E-state index in [1.54, 1.807) is 12.4 Å². The predicted molar refractivity (Wildman–Crippen MR) is 77.8 cm³/mol. The number of halogens is 1. The van der Waals surface area contributed by atoms with E-state index in [4.69, 9.17) is 0 Å². The molecule has 2 heterocycles. The minimum absolute atomic E-state index is 0.154. The first kappa shape index (κ1) is 13.9. The van der Waals surface area contributed by atoms with Crippen molar-refractivity contribution in [3.05, 3.63) is 45.0 Å². The van der Waals surface area contributed by atoms with Gasteiger partial charge in [0.05, 0.1) is 5.69 Å². The third kappa shape index (κ3) is 3.97. The molecular formula is C13H15BrN4O. The SMILES string of the molecule is CCCNCc1cc(=O)[nH]c(-c2cncc(Br)c2)n1. The molecule has 0 bridgehead atoms. The van der Waals surface area contributed by atoms with Crippen molar-refractivity contribution in [2.75, 3.05) is 6.54 Å². The summed E-state index contributed by atoms with van der Waals surface area (Å²) in [6, 6.07) is 3.38. The van der Waals surface area contributed by atoms with Gasteiger partial charge in [0.2, 0.25) is 0 Å². The van der Waals surface area contributed by atoms with Crippen molar-refractivity contribution >= 4 is 15.9 Å². The predicted octanol–water partition coefficient (Wildman–Crippen LogP) is 2.09. The second kappa shape index (κ2) is 6.58. The van der Waals surface area contributed by atoms with Crippen LogP contribution in [0.1, 0.15) is 19.0 Å². The van der Waals surface area contributed by atoms with E-state index in [1.165, 1.54) is 6.07 Å². The van der Waals surface area contributed by atoms with E-state index in [0.29, 0.717) is 12.4 Å². The molecular weight excluding hydrogens is 308 g/mol. The molecule has 0 aliphatic carbocycles. The molecule has 0 aromatic carbocycles. The third-order valence-corrected chi connectivity index (χ3v) is 2.94. The molecule has 0 atom stereocenters. The molecule has 0 fully saturated rings. The smallest absolute Gasteiger partial charge is 0.251 e. The van der Waals surface area contributed by atoms with Crippen molar-refractivity contribution in [2.45, 2.75) is 19.9 Å². The van der Waals surface area contributed by atoms with Crippen molar-refractivity contribution in [1.29, 1.82) is 0 Å². The van der Waals surface area contributed by atoms with Crippen LogP contribution in [0.4, 0.5) is 0 Å². The quantitative estimate of drug-likeness (QED) is 0.827. The lowest BCUT2D eigenvalue weighted by Gasteiger charge is -2.05. The maximum atomic E-state index is 11.6. The fourth-order valence-electron chi connectivity index (χ4n) is 1.67. The molecule has 6 heteroatoms. The maximum Gasteiger partial charge on any atom is 0.251 e. The number of hydrogen-bond acceptors (Lipinski definition) is 4. The van der Waals surface area contributed by atoms with Gasteiger partial charge in [0, 0.05) is 35.0 Å². The Labute approximate surface area is 119 Å². The van der Waals surface area contributed by atoms with Gasteiger partial charge in [-0.2, -0.15) is 0 Å². The van der Waals surface area contributed by atoms with Crippen molar-refractivity contribution in [3.8, 4) is 11.4 Å². The normalized spacial score (nSPS) is 10.6. The minimum Gasteiger partial charge on any atom is -0.311 e. The first-order valence-electron chi connectivity index (χ1n) is 6.11. The summed E-state index contributed by atoms with van der Waals surface area (Å²) in [7, 11) is 0. The fraction of sp³-hybridized carbons (Fsp3) is 0.308. The van der Waals surface area contributed by atoms with E-state index in [9.17, 15) is 4.79 Å². The van der Waals surface area contributed by atoms with Gasteiger partial charge in [-0.1, -0.05) is 6.92 Å². The molecule has 0 saturated carbocycles. The van der Waals surface area contributed by atoms with Gasteiger partial charge < -0.3 is 10.3 Å². The molecule has 19 heavy (non-hydrogen) atoms. The van der Waals surface area contributed by atoms with Gasteiger partial charge in [-0.3, -0.25) is 9.78 Å². The molecule has 2 rings (SSSR count). The maximum absolute atomic E-state index is 11.6. The molecule has 2 aromatic heterocycles. The van der Waals surface area contributed by atoms with Crippen LogP contribution in [-0.2, 0) is 6.54 Å². The van der Waals surface area contributed by atoms with E-state index < -0.39 is 0 Å². The van der Waals surface area contributed by atoms with E-state index in [0.717, 1.165) is 28.7 Å². The van der Waals surface area contributed by atoms with Gasteiger partial charge in [-0.05, 0) is 35.0 Å². The average Bonchev–Trinajstić information content (AvgIpc) is 2.38.